The molecule has 28 heavy (non-hydrogen) atoms. The number of halogens is 1. The van der Waals surface area contributed by atoms with Gasteiger partial charge in [0.15, 0.2) is 11.5 Å². The van der Waals surface area contributed by atoms with Crippen LogP contribution in [0.2, 0.25) is 0 Å². The Hall–Kier alpha value is -2.41. The van der Waals surface area contributed by atoms with Crippen LogP contribution in [-0.2, 0) is 8.88 Å². The minimum absolute atomic E-state index is 0.104. The van der Waals surface area contributed by atoms with Gasteiger partial charge in [0.25, 0.3) is 0 Å². The highest BCUT2D eigenvalue weighted by atomic mass is 31.3. The second-order valence-electron chi connectivity index (χ2n) is 6.02. The molecule has 0 saturated heterocycles. The molecule has 2 unspecified atom stereocenters. The maximum absolute atomic E-state index is 13.2. The van der Waals surface area contributed by atoms with E-state index in [4.69, 9.17) is 13.4 Å². The van der Waals surface area contributed by atoms with Crippen molar-refractivity contribution in [3.63, 3.8) is 0 Å². The number of aromatic nitrogens is 2. The second kappa shape index (κ2) is 7.20. The van der Waals surface area contributed by atoms with E-state index in [-0.39, 0.29) is 11.5 Å². The Morgan fingerprint density at radius 3 is 2.46 bits per heavy atom. The Morgan fingerprint density at radius 1 is 1.04 bits per heavy atom. The van der Waals surface area contributed by atoms with Gasteiger partial charge in [0, 0.05) is 28.7 Å². The molecule has 11 heteroatoms. The van der Waals surface area contributed by atoms with Gasteiger partial charge in [-0.05, 0) is 42.8 Å². The molecule has 0 spiro atoms. The summed E-state index contributed by atoms with van der Waals surface area (Å²) < 4.78 is 40.4. The van der Waals surface area contributed by atoms with Crippen molar-refractivity contribution in [1.82, 2.24) is 9.97 Å². The van der Waals surface area contributed by atoms with Crippen molar-refractivity contribution >= 4 is 38.2 Å². The lowest BCUT2D eigenvalue weighted by atomic mass is 10.2. The van der Waals surface area contributed by atoms with Crippen molar-refractivity contribution < 1.29 is 32.1 Å². The molecule has 4 rings (SSSR count). The number of rotatable bonds is 6. The van der Waals surface area contributed by atoms with Crippen molar-refractivity contribution in [1.29, 1.82) is 0 Å². The fraction of sp³-hybridized carbons (Fsp3) is 0.0588. The van der Waals surface area contributed by atoms with Gasteiger partial charge in [-0.2, -0.15) is 4.31 Å². The largest absolute Gasteiger partial charge is 0.535 e. The smallest absolute Gasteiger partial charge is 0.424 e. The Labute approximate surface area is 159 Å². The zero-order valence-electron chi connectivity index (χ0n) is 14.4. The Morgan fingerprint density at radius 2 is 1.68 bits per heavy atom. The molecular formula is C17H15FN2O6P2. The summed E-state index contributed by atoms with van der Waals surface area (Å²) in [4.78, 5) is 25.6. The highest BCUT2D eigenvalue weighted by molar-refractivity contribution is 7.58. The number of aryl methyl sites for hydroxylation is 1. The molecule has 0 saturated carbocycles. The SMILES string of the molecule is Cc1ccc2c(OP(=O)(O)OP(O)Oc3c[nH]c4cc(F)ccc34)c[nH]c2c1. The molecule has 2 heterocycles. The third-order valence-electron chi connectivity index (χ3n) is 3.97. The van der Waals surface area contributed by atoms with Crippen LogP contribution in [0.15, 0.2) is 48.8 Å². The second-order valence-corrected chi connectivity index (χ2v) is 8.45. The van der Waals surface area contributed by atoms with E-state index in [1.807, 2.05) is 19.1 Å². The van der Waals surface area contributed by atoms with Crippen LogP contribution in [-0.4, -0.2) is 19.8 Å². The van der Waals surface area contributed by atoms with Gasteiger partial charge in [-0.25, -0.2) is 8.96 Å². The molecule has 0 fully saturated rings. The molecule has 8 nitrogen and oxygen atoms in total. The van der Waals surface area contributed by atoms with Gasteiger partial charge in [0.05, 0.1) is 5.52 Å². The first-order valence-corrected chi connectivity index (χ1v) is 10.7. The van der Waals surface area contributed by atoms with Crippen LogP contribution in [0.5, 0.6) is 11.5 Å². The number of hydrogen-bond donors (Lipinski definition) is 4. The van der Waals surface area contributed by atoms with Gasteiger partial charge in [0.1, 0.15) is 5.82 Å². The fourth-order valence-electron chi connectivity index (χ4n) is 2.77. The highest BCUT2D eigenvalue weighted by Gasteiger charge is 2.31. The molecule has 0 radical (unpaired) electrons. The summed E-state index contributed by atoms with van der Waals surface area (Å²) >= 11 is 0. The number of H-pyrrole nitrogens is 2. The zero-order valence-corrected chi connectivity index (χ0v) is 16.2. The van der Waals surface area contributed by atoms with Crippen LogP contribution in [0.4, 0.5) is 4.39 Å². The van der Waals surface area contributed by atoms with E-state index in [1.165, 1.54) is 30.6 Å². The lowest BCUT2D eigenvalue weighted by molar-refractivity contribution is 0.271. The molecule has 146 valence electrons. The summed E-state index contributed by atoms with van der Waals surface area (Å²) in [6.07, 6.45) is 2.80. The molecule has 0 amide bonds. The molecule has 0 aliphatic carbocycles. The lowest BCUT2D eigenvalue weighted by Crippen LogP contribution is -1.97. The molecule has 2 aromatic carbocycles. The van der Waals surface area contributed by atoms with Gasteiger partial charge in [0.2, 0.25) is 0 Å². The lowest BCUT2D eigenvalue weighted by Gasteiger charge is -2.15. The Bertz CT molecular complexity index is 1210. The number of nitrogens with one attached hydrogen (secondary N) is 2. The fourth-order valence-corrected chi connectivity index (χ4v) is 4.46. The number of phosphoric acid groups is 1. The van der Waals surface area contributed by atoms with Gasteiger partial charge >= 0.3 is 16.4 Å². The Kier molecular flexibility index (Phi) is 4.87. The summed E-state index contributed by atoms with van der Waals surface area (Å²) in [6, 6.07) is 9.34. The molecule has 0 aliphatic heterocycles. The van der Waals surface area contributed by atoms with Crippen LogP contribution < -0.4 is 9.05 Å². The van der Waals surface area contributed by atoms with Crippen LogP contribution in [0.25, 0.3) is 21.8 Å². The van der Waals surface area contributed by atoms with Crippen LogP contribution in [0.3, 0.4) is 0 Å². The van der Waals surface area contributed by atoms with Crippen molar-refractivity contribution in [3.8, 4) is 11.5 Å². The predicted octanol–water partition coefficient (Wildman–Crippen LogP) is 4.89. The third kappa shape index (κ3) is 3.90. The first-order chi connectivity index (χ1) is 13.3. The van der Waals surface area contributed by atoms with E-state index in [0.717, 1.165) is 11.1 Å². The van der Waals surface area contributed by atoms with Crippen LogP contribution in [0, 0.1) is 12.7 Å². The number of aromatic amines is 2. The first kappa shape index (κ1) is 18.9. The summed E-state index contributed by atoms with van der Waals surface area (Å²) in [5, 5.41) is 1.07. The molecule has 4 aromatic rings. The number of benzene rings is 2. The average molecular weight is 424 g/mol. The minimum atomic E-state index is -4.68. The molecule has 4 N–H and O–H groups in total. The van der Waals surface area contributed by atoms with Gasteiger partial charge in [-0.1, -0.05) is 6.07 Å². The van der Waals surface area contributed by atoms with E-state index in [9.17, 15) is 18.7 Å². The van der Waals surface area contributed by atoms with E-state index in [1.54, 1.807) is 6.07 Å². The average Bonchev–Trinajstić information content (AvgIpc) is 3.17. The Balaban J connectivity index is 1.47. The zero-order chi connectivity index (χ0) is 19.9. The predicted molar refractivity (Wildman–Crippen MR) is 103 cm³/mol. The van der Waals surface area contributed by atoms with Gasteiger partial charge in [-0.3, -0.25) is 4.89 Å². The normalized spacial score (nSPS) is 14.9. The molecular weight excluding hydrogens is 409 g/mol. The van der Waals surface area contributed by atoms with Crippen molar-refractivity contribution in [3.05, 3.63) is 60.2 Å². The van der Waals surface area contributed by atoms with E-state index < -0.39 is 22.2 Å². The van der Waals surface area contributed by atoms with Crippen molar-refractivity contribution in [2.24, 2.45) is 0 Å². The molecule has 2 aromatic heterocycles. The molecule has 0 bridgehead atoms. The maximum atomic E-state index is 13.2. The summed E-state index contributed by atoms with van der Waals surface area (Å²) in [5.41, 5.74) is 2.18. The van der Waals surface area contributed by atoms with Crippen molar-refractivity contribution in [2.75, 3.05) is 0 Å². The van der Waals surface area contributed by atoms with E-state index >= 15 is 0 Å². The number of phosphoric ester groups is 1. The van der Waals surface area contributed by atoms with Gasteiger partial charge < -0.3 is 23.9 Å². The summed E-state index contributed by atoms with van der Waals surface area (Å²) in [6.45, 7) is 1.91. The topological polar surface area (TPSA) is 117 Å². The first-order valence-electron chi connectivity index (χ1n) is 8.04. The number of hydrogen-bond acceptors (Lipinski definition) is 5. The summed E-state index contributed by atoms with van der Waals surface area (Å²) in [7, 11) is -7.47. The van der Waals surface area contributed by atoms with Gasteiger partial charge in [-0.15, -0.1) is 0 Å². The van der Waals surface area contributed by atoms with Crippen LogP contribution >= 0.6 is 16.4 Å². The molecule has 2 atom stereocenters. The van der Waals surface area contributed by atoms with Crippen LogP contribution in [0.1, 0.15) is 5.56 Å². The van der Waals surface area contributed by atoms with E-state index in [2.05, 4.69) is 9.97 Å². The monoisotopic (exact) mass is 424 g/mol. The number of fused-ring (bicyclic) bond motifs is 2. The van der Waals surface area contributed by atoms with E-state index in [0.29, 0.717) is 16.3 Å². The maximum Gasteiger partial charge on any atom is 0.535 e. The third-order valence-corrected chi connectivity index (χ3v) is 6.13. The van der Waals surface area contributed by atoms with Crippen molar-refractivity contribution in [2.45, 2.75) is 6.92 Å². The quantitative estimate of drug-likeness (QED) is 0.328. The minimum Gasteiger partial charge on any atom is -0.424 e. The molecule has 0 aliphatic rings. The summed E-state index contributed by atoms with van der Waals surface area (Å²) in [5.74, 6) is -0.191. The highest BCUT2D eigenvalue weighted by Crippen LogP contribution is 2.56. The standard InChI is InChI=1S/C17H15FN2O6P2/c1-10-2-4-13-14(6-10)20-9-17(13)25-28(22,23)26-27(21)24-16-8-19-15-7-11(18)3-5-12(15)16/h2-9,19-21H,1H3,(H,22,23).